The fourth-order valence-corrected chi connectivity index (χ4v) is 2.24. The Labute approximate surface area is 103 Å². The molecule has 0 amide bonds. The Morgan fingerprint density at radius 2 is 2.24 bits per heavy atom. The molecule has 0 bridgehead atoms. The lowest BCUT2D eigenvalue weighted by Gasteiger charge is -2.14. The molecule has 6 nitrogen and oxygen atoms in total. The molecule has 0 radical (unpaired) electrons. The van der Waals surface area contributed by atoms with E-state index in [9.17, 15) is 0 Å². The maximum Gasteiger partial charge on any atom is 0.228 e. The van der Waals surface area contributed by atoms with Crippen LogP contribution in [0.15, 0.2) is 11.6 Å². The maximum atomic E-state index is 5.58. The van der Waals surface area contributed by atoms with Gasteiger partial charge in [0.05, 0.1) is 6.04 Å². The molecule has 17 heavy (non-hydrogen) atoms. The van der Waals surface area contributed by atoms with Crippen molar-refractivity contribution < 1.29 is 0 Å². The normalized spacial score (nSPS) is 12.4. The molecule has 2 heterocycles. The predicted molar refractivity (Wildman–Crippen MR) is 67.7 cm³/mol. The van der Waals surface area contributed by atoms with Crippen molar-refractivity contribution in [3.63, 3.8) is 0 Å². The number of anilines is 2. The highest BCUT2D eigenvalue weighted by molar-refractivity contribution is 7.09. The van der Waals surface area contributed by atoms with E-state index in [1.165, 1.54) is 0 Å². The quantitative estimate of drug-likeness (QED) is 0.859. The van der Waals surface area contributed by atoms with Crippen LogP contribution < -0.4 is 11.1 Å². The Balaban J connectivity index is 2.18. The zero-order valence-electron chi connectivity index (χ0n) is 9.71. The molecule has 0 fully saturated rings. The lowest BCUT2D eigenvalue weighted by Crippen LogP contribution is -2.13. The van der Waals surface area contributed by atoms with Gasteiger partial charge in [0.25, 0.3) is 0 Å². The van der Waals surface area contributed by atoms with Crippen molar-refractivity contribution in [3.05, 3.63) is 22.4 Å². The number of nitrogens with two attached hydrogens (primary N) is 1. The van der Waals surface area contributed by atoms with Crippen LogP contribution in [0.25, 0.3) is 0 Å². The Morgan fingerprint density at radius 3 is 2.82 bits per heavy atom. The van der Waals surface area contributed by atoms with Crippen molar-refractivity contribution in [2.24, 2.45) is 0 Å². The molecule has 2 rings (SSSR count). The zero-order valence-corrected chi connectivity index (χ0v) is 10.5. The Morgan fingerprint density at radius 1 is 1.41 bits per heavy atom. The standard InChI is InChI=1S/C10H14N6S/c1-3-7(8-12-4-5-17-8)15-10-14-6(2)13-9(11)16-10/h4-5,7H,3H2,1-2H3,(H3,11,13,14,15,16). The highest BCUT2D eigenvalue weighted by Crippen LogP contribution is 2.22. The molecule has 0 aliphatic heterocycles. The van der Waals surface area contributed by atoms with Crippen LogP contribution in [-0.4, -0.2) is 19.9 Å². The molecule has 3 N–H and O–H groups in total. The van der Waals surface area contributed by atoms with Gasteiger partial charge in [0.1, 0.15) is 10.8 Å². The largest absolute Gasteiger partial charge is 0.368 e. The van der Waals surface area contributed by atoms with Gasteiger partial charge in [-0.05, 0) is 13.3 Å². The van der Waals surface area contributed by atoms with Gasteiger partial charge in [-0.2, -0.15) is 15.0 Å². The first-order valence-electron chi connectivity index (χ1n) is 5.33. The number of hydrogen-bond acceptors (Lipinski definition) is 7. The number of aromatic nitrogens is 4. The molecule has 90 valence electrons. The van der Waals surface area contributed by atoms with E-state index in [1.807, 2.05) is 5.38 Å². The summed E-state index contributed by atoms with van der Waals surface area (Å²) in [4.78, 5) is 16.5. The van der Waals surface area contributed by atoms with Crippen molar-refractivity contribution in [1.82, 2.24) is 19.9 Å². The zero-order chi connectivity index (χ0) is 12.3. The minimum atomic E-state index is 0.108. The SMILES string of the molecule is CCC(Nc1nc(C)nc(N)n1)c1nccs1. The van der Waals surface area contributed by atoms with E-state index in [-0.39, 0.29) is 12.0 Å². The van der Waals surface area contributed by atoms with E-state index in [4.69, 9.17) is 5.73 Å². The third-order valence-corrected chi connectivity index (χ3v) is 3.11. The summed E-state index contributed by atoms with van der Waals surface area (Å²) in [5, 5.41) is 6.19. The molecule has 0 saturated carbocycles. The molecule has 0 saturated heterocycles. The number of rotatable bonds is 4. The van der Waals surface area contributed by atoms with Crippen LogP contribution in [0, 0.1) is 6.92 Å². The smallest absolute Gasteiger partial charge is 0.228 e. The van der Waals surface area contributed by atoms with Crippen LogP contribution in [0.2, 0.25) is 0 Å². The second-order valence-electron chi connectivity index (χ2n) is 3.54. The van der Waals surface area contributed by atoms with E-state index in [1.54, 1.807) is 24.5 Å². The molecular formula is C10H14N6S. The Bertz CT molecular complexity index is 463. The van der Waals surface area contributed by atoms with Gasteiger partial charge in [0.15, 0.2) is 0 Å². The number of nitrogens with one attached hydrogen (secondary N) is 1. The van der Waals surface area contributed by atoms with Crippen molar-refractivity contribution in [3.8, 4) is 0 Å². The minimum absolute atomic E-state index is 0.108. The molecule has 1 atom stereocenters. The highest BCUT2D eigenvalue weighted by atomic mass is 32.1. The van der Waals surface area contributed by atoms with Crippen molar-refractivity contribution in [2.75, 3.05) is 11.1 Å². The average Bonchev–Trinajstić information content (AvgIpc) is 2.77. The van der Waals surface area contributed by atoms with Gasteiger partial charge in [-0.15, -0.1) is 11.3 Å². The summed E-state index contributed by atoms with van der Waals surface area (Å²) >= 11 is 1.61. The summed E-state index contributed by atoms with van der Waals surface area (Å²) in [7, 11) is 0. The van der Waals surface area contributed by atoms with E-state index < -0.39 is 0 Å². The average molecular weight is 250 g/mol. The number of thiazole rings is 1. The molecular weight excluding hydrogens is 236 g/mol. The van der Waals surface area contributed by atoms with Crippen molar-refractivity contribution in [1.29, 1.82) is 0 Å². The first-order valence-corrected chi connectivity index (χ1v) is 6.21. The summed E-state index contributed by atoms with van der Waals surface area (Å²) in [6.07, 6.45) is 2.69. The Hall–Kier alpha value is -1.76. The van der Waals surface area contributed by atoms with Crippen molar-refractivity contribution >= 4 is 23.2 Å². The summed E-state index contributed by atoms with van der Waals surface area (Å²) in [5.74, 6) is 1.33. The van der Waals surface area contributed by atoms with Crippen LogP contribution in [0.1, 0.15) is 30.2 Å². The number of nitrogen functional groups attached to an aromatic ring is 1. The van der Waals surface area contributed by atoms with Gasteiger partial charge >= 0.3 is 0 Å². The van der Waals surface area contributed by atoms with Gasteiger partial charge < -0.3 is 11.1 Å². The highest BCUT2D eigenvalue weighted by Gasteiger charge is 2.13. The monoisotopic (exact) mass is 250 g/mol. The molecule has 0 aliphatic rings. The lowest BCUT2D eigenvalue weighted by molar-refractivity contribution is 0.728. The van der Waals surface area contributed by atoms with Crippen LogP contribution in [0.4, 0.5) is 11.9 Å². The van der Waals surface area contributed by atoms with E-state index in [2.05, 4.69) is 32.2 Å². The summed E-state index contributed by atoms with van der Waals surface area (Å²) in [6, 6.07) is 0.108. The first kappa shape index (κ1) is 11.7. The second-order valence-corrected chi connectivity index (χ2v) is 4.47. The van der Waals surface area contributed by atoms with Crippen LogP contribution in [-0.2, 0) is 0 Å². The Kier molecular flexibility index (Phi) is 3.48. The van der Waals surface area contributed by atoms with Gasteiger partial charge in [-0.1, -0.05) is 6.92 Å². The minimum Gasteiger partial charge on any atom is -0.368 e. The van der Waals surface area contributed by atoms with Crippen molar-refractivity contribution in [2.45, 2.75) is 26.3 Å². The van der Waals surface area contributed by atoms with Crippen LogP contribution in [0.5, 0.6) is 0 Å². The second kappa shape index (κ2) is 5.05. The molecule has 0 aromatic carbocycles. The number of aryl methyl sites for hydroxylation is 1. The number of hydrogen-bond donors (Lipinski definition) is 2. The van der Waals surface area contributed by atoms with Crippen LogP contribution >= 0.6 is 11.3 Å². The third kappa shape index (κ3) is 2.88. The molecule has 1 unspecified atom stereocenters. The lowest BCUT2D eigenvalue weighted by atomic mass is 10.2. The third-order valence-electron chi connectivity index (χ3n) is 2.23. The fraction of sp³-hybridized carbons (Fsp3) is 0.400. The molecule has 0 aliphatic carbocycles. The topological polar surface area (TPSA) is 89.6 Å². The summed E-state index contributed by atoms with van der Waals surface area (Å²) in [6.45, 7) is 3.87. The van der Waals surface area contributed by atoms with Gasteiger partial charge in [-0.25, -0.2) is 4.98 Å². The van der Waals surface area contributed by atoms with Gasteiger partial charge in [0.2, 0.25) is 11.9 Å². The van der Waals surface area contributed by atoms with Crippen LogP contribution in [0.3, 0.4) is 0 Å². The predicted octanol–water partition coefficient (Wildman–Crippen LogP) is 1.78. The molecule has 2 aromatic rings. The number of nitrogens with zero attached hydrogens (tertiary/aromatic N) is 4. The van der Waals surface area contributed by atoms with Gasteiger partial charge in [-0.3, -0.25) is 0 Å². The molecule has 7 heteroatoms. The molecule has 2 aromatic heterocycles. The summed E-state index contributed by atoms with van der Waals surface area (Å²) in [5.41, 5.74) is 5.58. The van der Waals surface area contributed by atoms with E-state index >= 15 is 0 Å². The maximum absolute atomic E-state index is 5.58. The van der Waals surface area contributed by atoms with Gasteiger partial charge in [0, 0.05) is 11.6 Å². The van der Waals surface area contributed by atoms with E-state index in [0.29, 0.717) is 11.8 Å². The molecule has 0 spiro atoms. The summed E-state index contributed by atoms with van der Waals surface area (Å²) < 4.78 is 0. The van der Waals surface area contributed by atoms with E-state index in [0.717, 1.165) is 11.4 Å². The first-order chi connectivity index (χ1) is 8.19. The fourth-order valence-electron chi connectivity index (χ4n) is 1.47.